The number of nitrogens with zero attached hydrogens (tertiary/aromatic N) is 1. The van der Waals surface area contributed by atoms with Crippen molar-refractivity contribution < 1.29 is 23.9 Å². The van der Waals surface area contributed by atoms with Crippen LogP contribution in [-0.2, 0) is 19.1 Å². The Bertz CT molecular complexity index is 642. The van der Waals surface area contributed by atoms with E-state index in [1.54, 1.807) is 29.2 Å². The van der Waals surface area contributed by atoms with Gasteiger partial charge in [-0.1, -0.05) is 0 Å². The second-order valence-electron chi connectivity index (χ2n) is 5.22. The Balaban J connectivity index is 1.83. The van der Waals surface area contributed by atoms with Crippen molar-refractivity contribution in [2.75, 3.05) is 31.6 Å². The molecule has 1 fully saturated rings. The lowest BCUT2D eigenvalue weighted by molar-refractivity contribution is -0.127. The summed E-state index contributed by atoms with van der Waals surface area (Å²) in [6.07, 6.45) is 1.36. The van der Waals surface area contributed by atoms with Gasteiger partial charge in [-0.25, -0.2) is 4.79 Å². The molecular weight excluding hydrogens is 314 g/mol. The first-order valence-electron chi connectivity index (χ1n) is 7.56. The number of ether oxygens (including phenoxy) is 1. The highest BCUT2D eigenvalue weighted by molar-refractivity contribution is 5.96. The third-order valence-electron chi connectivity index (χ3n) is 3.55. The number of nitrogens with one attached hydrogen (secondary N) is 2. The normalized spacial score (nSPS) is 13.5. The summed E-state index contributed by atoms with van der Waals surface area (Å²) in [6, 6.07) is 6.44. The Kier molecular flexibility index (Phi) is 5.89. The zero-order valence-corrected chi connectivity index (χ0v) is 13.3. The molecule has 8 nitrogen and oxygen atoms in total. The molecule has 0 spiro atoms. The van der Waals surface area contributed by atoms with Crippen molar-refractivity contribution in [2.24, 2.45) is 0 Å². The maximum atomic E-state index is 11.9. The lowest BCUT2D eigenvalue weighted by atomic mass is 10.2. The van der Waals surface area contributed by atoms with E-state index in [2.05, 4.69) is 10.6 Å². The third kappa shape index (κ3) is 4.55. The Morgan fingerprint density at radius 3 is 2.46 bits per heavy atom. The molecule has 24 heavy (non-hydrogen) atoms. The van der Waals surface area contributed by atoms with Gasteiger partial charge in [-0.2, -0.15) is 0 Å². The van der Waals surface area contributed by atoms with Gasteiger partial charge in [0.1, 0.15) is 0 Å². The number of amides is 3. The fourth-order valence-electron chi connectivity index (χ4n) is 2.23. The molecule has 1 saturated heterocycles. The number of esters is 1. The summed E-state index contributed by atoms with van der Waals surface area (Å²) < 4.78 is 4.88. The molecular formula is C16H19N3O5. The first-order chi connectivity index (χ1) is 11.5. The molecule has 2 N–H and O–H groups in total. The van der Waals surface area contributed by atoms with Crippen LogP contribution in [0.4, 0.5) is 5.69 Å². The highest BCUT2D eigenvalue weighted by Crippen LogP contribution is 2.21. The average molecular weight is 333 g/mol. The van der Waals surface area contributed by atoms with Crippen LogP contribution in [0.5, 0.6) is 0 Å². The summed E-state index contributed by atoms with van der Waals surface area (Å²) in [6.45, 7) is 0.0295. The summed E-state index contributed by atoms with van der Waals surface area (Å²) in [5.74, 6) is -1.49. The maximum Gasteiger partial charge on any atom is 0.338 e. The quantitative estimate of drug-likeness (QED) is 0.704. The number of benzene rings is 1. The summed E-state index contributed by atoms with van der Waals surface area (Å²) >= 11 is 0. The highest BCUT2D eigenvalue weighted by atomic mass is 16.5. The predicted octanol–water partition coefficient (Wildman–Crippen LogP) is -0.168. The first-order valence-corrected chi connectivity index (χ1v) is 7.56. The van der Waals surface area contributed by atoms with Crippen molar-refractivity contribution in [1.82, 2.24) is 10.6 Å². The molecule has 1 aromatic carbocycles. The molecule has 8 heteroatoms. The lowest BCUT2D eigenvalue weighted by Gasteiger charge is -2.15. The van der Waals surface area contributed by atoms with E-state index in [1.807, 2.05) is 0 Å². The van der Waals surface area contributed by atoms with Crippen LogP contribution in [0.3, 0.4) is 0 Å². The van der Waals surface area contributed by atoms with Gasteiger partial charge >= 0.3 is 5.97 Å². The molecule has 1 aromatic rings. The van der Waals surface area contributed by atoms with Gasteiger partial charge in [0.05, 0.1) is 12.1 Å². The maximum absolute atomic E-state index is 11.9. The van der Waals surface area contributed by atoms with Crippen LogP contribution in [0.25, 0.3) is 0 Å². The second-order valence-corrected chi connectivity index (χ2v) is 5.22. The molecule has 0 bridgehead atoms. The minimum Gasteiger partial charge on any atom is -0.452 e. The number of carbonyl (C=O) groups is 4. The van der Waals surface area contributed by atoms with E-state index in [4.69, 9.17) is 4.74 Å². The van der Waals surface area contributed by atoms with Crippen LogP contribution in [0.15, 0.2) is 24.3 Å². The molecule has 0 aromatic heterocycles. The fraction of sp³-hybridized carbons (Fsp3) is 0.375. The van der Waals surface area contributed by atoms with Crippen molar-refractivity contribution >= 4 is 29.4 Å². The van der Waals surface area contributed by atoms with Gasteiger partial charge in [-0.3, -0.25) is 14.4 Å². The largest absolute Gasteiger partial charge is 0.452 e. The van der Waals surface area contributed by atoms with Crippen LogP contribution in [0.1, 0.15) is 23.2 Å². The van der Waals surface area contributed by atoms with E-state index in [1.165, 1.54) is 7.05 Å². The summed E-state index contributed by atoms with van der Waals surface area (Å²) in [5, 5.41) is 4.67. The number of hydrogen-bond donors (Lipinski definition) is 2. The van der Waals surface area contributed by atoms with E-state index >= 15 is 0 Å². The number of hydrogen-bond acceptors (Lipinski definition) is 5. The monoisotopic (exact) mass is 333 g/mol. The Labute approximate surface area is 139 Å². The van der Waals surface area contributed by atoms with Crippen LogP contribution < -0.4 is 15.5 Å². The Morgan fingerprint density at radius 2 is 1.88 bits per heavy atom. The Morgan fingerprint density at radius 1 is 1.17 bits per heavy atom. The van der Waals surface area contributed by atoms with Gasteiger partial charge in [-0.15, -0.1) is 0 Å². The van der Waals surface area contributed by atoms with Gasteiger partial charge in [-0.05, 0) is 30.7 Å². The lowest BCUT2D eigenvalue weighted by Crippen LogP contribution is -2.37. The van der Waals surface area contributed by atoms with Crippen molar-refractivity contribution in [1.29, 1.82) is 0 Å². The molecule has 2 rings (SSSR count). The number of anilines is 1. The topological polar surface area (TPSA) is 105 Å². The summed E-state index contributed by atoms with van der Waals surface area (Å²) in [5.41, 5.74) is 1.02. The van der Waals surface area contributed by atoms with Crippen molar-refractivity contribution in [3.63, 3.8) is 0 Å². The van der Waals surface area contributed by atoms with E-state index in [-0.39, 0.29) is 23.9 Å². The van der Waals surface area contributed by atoms with Gasteiger partial charge in [0, 0.05) is 25.7 Å². The fourth-order valence-corrected chi connectivity index (χ4v) is 2.23. The number of likely N-dealkylation sites (N-methyl/N-ethyl adjacent to an activating group) is 1. The van der Waals surface area contributed by atoms with E-state index in [0.29, 0.717) is 13.0 Å². The van der Waals surface area contributed by atoms with Crippen molar-refractivity contribution in [2.45, 2.75) is 12.8 Å². The molecule has 3 amide bonds. The molecule has 0 unspecified atom stereocenters. The van der Waals surface area contributed by atoms with E-state index in [9.17, 15) is 19.2 Å². The SMILES string of the molecule is CNC(=O)CNC(=O)COC(=O)c1ccc(N2CCCC2=O)cc1. The van der Waals surface area contributed by atoms with Gasteiger partial charge < -0.3 is 20.3 Å². The Hall–Kier alpha value is -2.90. The van der Waals surface area contributed by atoms with Crippen LogP contribution in [-0.4, -0.2) is 50.4 Å². The van der Waals surface area contributed by atoms with E-state index < -0.39 is 18.5 Å². The van der Waals surface area contributed by atoms with Gasteiger partial charge in [0.25, 0.3) is 5.91 Å². The predicted molar refractivity (Wildman–Crippen MR) is 85.4 cm³/mol. The van der Waals surface area contributed by atoms with Crippen LogP contribution >= 0.6 is 0 Å². The molecule has 0 aliphatic carbocycles. The number of carbonyl (C=O) groups excluding carboxylic acids is 4. The average Bonchev–Trinajstić information content (AvgIpc) is 3.03. The van der Waals surface area contributed by atoms with Crippen molar-refractivity contribution in [3.05, 3.63) is 29.8 Å². The first kappa shape index (κ1) is 17.5. The smallest absolute Gasteiger partial charge is 0.338 e. The van der Waals surface area contributed by atoms with Gasteiger partial charge in [0.2, 0.25) is 11.8 Å². The molecule has 1 heterocycles. The molecule has 1 aliphatic heterocycles. The minimum atomic E-state index is -0.649. The highest BCUT2D eigenvalue weighted by Gasteiger charge is 2.21. The molecule has 0 saturated carbocycles. The standard InChI is InChI=1S/C16H19N3O5/c1-17-13(20)9-18-14(21)10-24-16(23)11-4-6-12(7-5-11)19-8-2-3-15(19)22/h4-7H,2-3,8-10H2,1H3,(H,17,20)(H,18,21). The van der Waals surface area contributed by atoms with Crippen LogP contribution in [0, 0.1) is 0 Å². The van der Waals surface area contributed by atoms with Crippen LogP contribution in [0.2, 0.25) is 0 Å². The summed E-state index contributed by atoms with van der Waals surface area (Å²) in [7, 11) is 1.45. The summed E-state index contributed by atoms with van der Waals surface area (Å²) in [4.78, 5) is 47.6. The zero-order valence-electron chi connectivity index (χ0n) is 13.3. The van der Waals surface area contributed by atoms with Gasteiger partial charge in [0.15, 0.2) is 6.61 Å². The molecule has 128 valence electrons. The van der Waals surface area contributed by atoms with Crippen molar-refractivity contribution in [3.8, 4) is 0 Å². The zero-order chi connectivity index (χ0) is 17.5. The number of rotatable bonds is 6. The second kappa shape index (κ2) is 8.09. The molecule has 0 atom stereocenters. The third-order valence-corrected chi connectivity index (χ3v) is 3.55. The minimum absolute atomic E-state index is 0.0677. The molecule has 1 aliphatic rings. The molecule has 0 radical (unpaired) electrons. The van der Waals surface area contributed by atoms with E-state index in [0.717, 1.165) is 12.1 Å².